The van der Waals surface area contributed by atoms with Gasteiger partial charge in [0, 0.05) is 18.5 Å². The van der Waals surface area contributed by atoms with Gasteiger partial charge < -0.3 is 15.3 Å². The van der Waals surface area contributed by atoms with Crippen LogP contribution in [0.25, 0.3) is 0 Å². The second-order valence-corrected chi connectivity index (χ2v) is 6.06. The van der Waals surface area contributed by atoms with Gasteiger partial charge in [-0.3, -0.25) is 4.79 Å². The monoisotopic (exact) mass is 312 g/mol. The molecule has 0 saturated carbocycles. The van der Waals surface area contributed by atoms with Gasteiger partial charge >= 0.3 is 12.0 Å². The first-order valence-electron chi connectivity index (χ1n) is 7.26. The molecule has 1 heterocycles. The lowest BCUT2D eigenvalue weighted by molar-refractivity contribution is -0.137. The van der Waals surface area contributed by atoms with Crippen LogP contribution in [0.3, 0.4) is 0 Å². The first-order valence-corrected chi connectivity index (χ1v) is 8.14. The zero-order valence-corrected chi connectivity index (χ0v) is 13.7. The molecule has 1 aromatic rings. The number of carboxylic acids is 1. The fourth-order valence-electron chi connectivity index (χ4n) is 2.26. The SMILES string of the molecule is CCC(CC)C(NC(=O)N(C)CCC(=O)O)c1cccs1. The summed E-state index contributed by atoms with van der Waals surface area (Å²) in [7, 11) is 1.62. The summed E-state index contributed by atoms with van der Waals surface area (Å²) in [6, 6.07) is 3.78. The van der Waals surface area contributed by atoms with Crippen molar-refractivity contribution >= 4 is 23.3 Å². The van der Waals surface area contributed by atoms with E-state index in [1.165, 1.54) is 4.90 Å². The summed E-state index contributed by atoms with van der Waals surface area (Å²) in [4.78, 5) is 25.4. The Morgan fingerprint density at radius 1 is 1.38 bits per heavy atom. The summed E-state index contributed by atoms with van der Waals surface area (Å²) >= 11 is 1.63. The summed E-state index contributed by atoms with van der Waals surface area (Å²) in [6.07, 6.45) is 1.93. The molecule has 1 aromatic heterocycles. The lowest BCUT2D eigenvalue weighted by Crippen LogP contribution is -2.42. The van der Waals surface area contributed by atoms with E-state index in [1.54, 1.807) is 18.4 Å². The van der Waals surface area contributed by atoms with Crippen molar-refractivity contribution in [3.8, 4) is 0 Å². The molecule has 1 rings (SSSR count). The molecule has 0 fully saturated rings. The van der Waals surface area contributed by atoms with Crippen LogP contribution in [0.15, 0.2) is 17.5 Å². The van der Waals surface area contributed by atoms with E-state index in [-0.39, 0.29) is 25.0 Å². The van der Waals surface area contributed by atoms with E-state index in [4.69, 9.17) is 5.11 Å². The molecule has 118 valence electrons. The highest BCUT2D eigenvalue weighted by molar-refractivity contribution is 7.10. The second kappa shape index (κ2) is 8.67. The highest BCUT2D eigenvalue weighted by atomic mass is 32.1. The third kappa shape index (κ3) is 5.38. The molecular formula is C15H24N2O3S. The van der Waals surface area contributed by atoms with Crippen molar-refractivity contribution in [3.05, 3.63) is 22.4 Å². The number of nitrogens with zero attached hydrogens (tertiary/aromatic N) is 1. The largest absolute Gasteiger partial charge is 0.481 e. The van der Waals surface area contributed by atoms with Gasteiger partial charge in [-0.15, -0.1) is 11.3 Å². The Morgan fingerprint density at radius 2 is 2.05 bits per heavy atom. The minimum Gasteiger partial charge on any atom is -0.481 e. The van der Waals surface area contributed by atoms with Crippen LogP contribution in [0.1, 0.15) is 44.0 Å². The Balaban J connectivity index is 2.72. The smallest absolute Gasteiger partial charge is 0.317 e. The molecule has 6 heteroatoms. The molecule has 0 aromatic carbocycles. The van der Waals surface area contributed by atoms with Crippen LogP contribution >= 0.6 is 11.3 Å². The molecule has 1 unspecified atom stereocenters. The summed E-state index contributed by atoms with van der Waals surface area (Å²) in [5.74, 6) is -0.523. The standard InChI is InChI=1S/C15H24N2O3S/c1-4-11(5-2)14(12-7-6-10-21-12)16-15(20)17(3)9-8-13(18)19/h6-7,10-11,14H,4-5,8-9H2,1-3H3,(H,16,20)(H,18,19). The van der Waals surface area contributed by atoms with Crippen LogP contribution in [0.2, 0.25) is 0 Å². The van der Waals surface area contributed by atoms with Gasteiger partial charge in [-0.1, -0.05) is 32.8 Å². The number of hydrogen-bond acceptors (Lipinski definition) is 3. The van der Waals surface area contributed by atoms with Gasteiger partial charge in [0.05, 0.1) is 12.5 Å². The van der Waals surface area contributed by atoms with E-state index in [0.29, 0.717) is 5.92 Å². The van der Waals surface area contributed by atoms with E-state index < -0.39 is 5.97 Å². The van der Waals surface area contributed by atoms with Gasteiger partial charge in [0.1, 0.15) is 0 Å². The minimum absolute atomic E-state index is 0.0141. The molecule has 1 atom stereocenters. The van der Waals surface area contributed by atoms with Crippen LogP contribution in [-0.4, -0.2) is 35.6 Å². The number of carboxylic acid groups (broad SMARTS) is 1. The Hall–Kier alpha value is -1.56. The predicted octanol–water partition coefficient (Wildman–Crippen LogP) is 3.34. The van der Waals surface area contributed by atoms with Crippen LogP contribution in [0.5, 0.6) is 0 Å². The number of nitrogens with one attached hydrogen (secondary N) is 1. The van der Waals surface area contributed by atoms with E-state index in [2.05, 4.69) is 19.2 Å². The third-order valence-corrected chi connectivity index (χ3v) is 4.61. The summed E-state index contributed by atoms with van der Waals surface area (Å²) in [5.41, 5.74) is 0. The Morgan fingerprint density at radius 3 is 2.52 bits per heavy atom. The molecule has 0 radical (unpaired) electrons. The minimum atomic E-state index is -0.899. The van der Waals surface area contributed by atoms with Crippen LogP contribution in [0.4, 0.5) is 4.79 Å². The molecule has 0 bridgehead atoms. The Bertz CT molecular complexity index is 444. The van der Waals surface area contributed by atoms with Gasteiger partial charge in [-0.25, -0.2) is 4.79 Å². The number of aliphatic carboxylic acids is 1. The Kier molecular flexibility index (Phi) is 7.22. The summed E-state index contributed by atoms with van der Waals surface area (Å²) in [5, 5.41) is 13.7. The van der Waals surface area contributed by atoms with E-state index in [9.17, 15) is 9.59 Å². The van der Waals surface area contributed by atoms with Crippen LogP contribution in [0, 0.1) is 5.92 Å². The molecule has 0 aliphatic heterocycles. The molecule has 21 heavy (non-hydrogen) atoms. The lowest BCUT2D eigenvalue weighted by atomic mass is 9.93. The average molecular weight is 312 g/mol. The van der Waals surface area contributed by atoms with Gasteiger partial charge in [-0.2, -0.15) is 0 Å². The normalized spacial score (nSPS) is 12.2. The maximum absolute atomic E-state index is 12.2. The lowest BCUT2D eigenvalue weighted by Gasteiger charge is -2.28. The molecule has 2 amide bonds. The van der Waals surface area contributed by atoms with Gasteiger partial charge in [0.15, 0.2) is 0 Å². The molecule has 0 aliphatic carbocycles. The molecule has 0 spiro atoms. The number of urea groups is 1. The van der Waals surface area contributed by atoms with Gasteiger partial charge in [-0.05, 0) is 17.4 Å². The molecule has 5 nitrogen and oxygen atoms in total. The Labute approximate surface area is 130 Å². The first kappa shape index (κ1) is 17.5. The predicted molar refractivity (Wildman–Crippen MR) is 84.5 cm³/mol. The number of rotatable bonds is 8. The third-order valence-electron chi connectivity index (χ3n) is 3.66. The van der Waals surface area contributed by atoms with Crippen molar-refractivity contribution in [1.82, 2.24) is 10.2 Å². The molecule has 0 aliphatic rings. The van der Waals surface area contributed by atoms with E-state index >= 15 is 0 Å². The average Bonchev–Trinajstić information content (AvgIpc) is 2.98. The number of carbonyl (C=O) groups is 2. The number of thiophene rings is 1. The number of carbonyl (C=O) groups excluding carboxylic acids is 1. The van der Waals surface area contributed by atoms with Crippen molar-refractivity contribution in [2.75, 3.05) is 13.6 Å². The molecule has 0 saturated heterocycles. The molecular weight excluding hydrogens is 288 g/mol. The summed E-state index contributed by atoms with van der Waals surface area (Å²) in [6.45, 7) is 4.45. The maximum atomic E-state index is 12.2. The fourth-order valence-corrected chi connectivity index (χ4v) is 3.13. The van der Waals surface area contributed by atoms with Crippen LogP contribution < -0.4 is 5.32 Å². The highest BCUT2D eigenvalue weighted by Gasteiger charge is 2.24. The van der Waals surface area contributed by atoms with Gasteiger partial charge in [0.25, 0.3) is 0 Å². The van der Waals surface area contributed by atoms with Gasteiger partial charge in [0.2, 0.25) is 0 Å². The van der Waals surface area contributed by atoms with E-state index in [0.717, 1.165) is 17.7 Å². The van der Waals surface area contributed by atoms with Crippen LogP contribution in [-0.2, 0) is 4.79 Å². The quantitative estimate of drug-likeness (QED) is 0.773. The van der Waals surface area contributed by atoms with Crippen molar-refractivity contribution in [2.45, 2.75) is 39.2 Å². The van der Waals surface area contributed by atoms with Crippen molar-refractivity contribution in [1.29, 1.82) is 0 Å². The topological polar surface area (TPSA) is 69.6 Å². The van der Waals surface area contributed by atoms with Crippen molar-refractivity contribution in [2.24, 2.45) is 5.92 Å². The first-order chi connectivity index (χ1) is 9.99. The zero-order chi connectivity index (χ0) is 15.8. The van der Waals surface area contributed by atoms with Crippen molar-refractivity contribution in [3.63, 3.8) is 0 Å². The fraction of sp³-hybridized carbons (Fsp3) is 0.600. The summed E-state index contributed by atoms with van der Waals surface area (Å²) < 4.78 is 0. The van der Waals surface area contributed by atoms with Crippen molar-refractivity contribution < 1.29 is 14.7 Å². The highest BCUT2D eigenvalue weighted by Crippen LogP contribution is 2.30. The molecule has 2 N–H and O–H groups in total. The zero-order valence-electron chi connectivity index (χ0n) is 12.8. The van der Waals surface area contributed by atoms with E-state index in [1.807, 2.05) is 17.5 Å². The second-order valence-electron chi connectivity index (χ2n) is 5.08. The maximum Gasteiger partial charge on any atom is 0.317 e. The number of amides is 2. The number of hydrogen-bond donors (Lipinski definition) is 2.